The van der Waals surface area contributed by atoms with Crippen molar-refractivity contribution in [3.63, 3.8) is 0 Å². The fraction of sp³-hybridized carbons (Fsp3) is 0.500. The molecule has 2 fully saturated rings. The second kappa shape index (κ2) is 11.4. The predicted molar refractivity (Wildman–Crippen MR) is 140 cm³/mol. The van der Waals surface area contributed by atoms with Crippen LogP contribution in [0.15, 0.2) is 53.1 Å². The van der Waals surface area contributed by atoms with Crippen LogP contribution in [-0.2, 0) is 11.3 Å². The van der Waals surface area contributed by atoms with Gasteiger partial charge in [-0.1, -0.05) is 32.0 Å². The molecule has 5 rings (SSSR count). The Hall–Kier alpha value is -3.31. The van der Waals surface area contributed by atoms with E-state index in [0.717, 1.165) is 32.5 Å². The number of carbonyl (C=O) groups excluding carboxylic acids is 1. The van der Waals surface area contributed by atoms with Crippen molar-refractivity contribution < 1.29 is 22.4 Å². The van der Waals surface area contributed by atoms with Gasteiger partial charge in [-0.25, -0.2) is 4.39 Å². The number of aromatic nitrogens is 3. The van der Waals surface area contributed by atoms with Crippen molar-refractivity contribution in [2.75, 3.05) is 37.6 Å². The third-order valence-electron chi connectivity index (χ3n) is 7.32. The Bertz CT molecular complexity index is 1240. The summed E-state index contributed by atoms with van der Waals surface area (Å²) in [6.07, 6.45) is 0.508. The number of alkyl halides is 3. The number of nitrogens with zero attached hydrogens (tertiary/aromatic N) is 6. The highest BCUT2D eigenvalue weighted by Gasteiger charge is 2.54. The number of amides is 1. The van der Waals surface area contributed by atoms with Crippen molar-refractivity contribution in [3.8, 4) is 11.5 Å². The summed E-state index contributed by atoms with van der Waals surface area (Å²) < 4.78 is 46.5. The van der Waals surface area contributed by atoms with Crippen molar-refractivity contribution in [2.24, 2.45) is 5.92 Å². The number of piperidine rings is 1. The molecule has 39 heavy (non-hydrogen) atoms. The van der Waals surface area contributed by atoms with E-state index >= 15 is 4.39 Å². The molecule has 2 aliphatic rings. The molecular weight excluding hydrogens is 509 g/mol. The molecule has 0 radical (unpaired) electrons. The van der Waals surface area contributed by atoms with Gasteiger partial charge in [0.2, 0.25) is 11.6 Å². The maximum atomic E-state index is 16.0. The number of pyridine rings is 1. The molecule has 0 saturated carbocycles. The van der Waals surface area contributed by atoms with Gasteiger partial charge in [0.05, 0.1) is 17.8 Å². The van der Waals surface area contributed by atoms with Gasteiger partial charge in [-0.2, -0.15) is 8.78 Å². The zero-order chi connectivity index (χ0) is 27.6. The van der Waals surface area contributed by atoms with Crippen LogP contribution in [0.4, 0.5) is 18.9 Å². The average Bonchev–Trinajstić information content (AvgIpc) is 3.42. The largest absolute Gasteiger partial charge is 0.415 e. The maximum absolute atomic E-state index is 16.0. The summed E-state index contributed by atoms with van der Waals surface area (Å²) in [6.45, 7) is 7.71. The standard InChI is InChI=1S/C28H33F3N6O2/c1-19(2)15-35-12-10-22(11-13-35)36-17-28(31,18-36)27(38)37(23-6-4-3-5-7-23)16-21-9-8-20(14-32-21)25-33-34-26(39-25)24(29)30/h3-9,14,19,22,24H,10-13,15-18H2,1-2H3. The van der Waals surface area contributed by atoms with Gasteiger partial charge in [0.1, 0.15) is 0 Å². The highest BCUT2D eigenvalue weighted by molar-refractivity contribution is 6.00. The molecule has 0 unspecified atom stereocenters. The van der Waals surface area contributed by atoms with Crippen LogP contribution in [-0.4, -0.2) is 75.3 Å². The van der Waals surface area contributed by atoms with E-state index in [1.165, 1.54) is 11.1 Å². The van der Waals surface area contributed by atoms with Crippen LogP contribution in [0.3, 0.4) is 0 Å². The number of anilines is 1. The van der Waals surface area contributed by atoms with Crippen LogP contribution < -0.4 is 4.90 Å². The summed E-state index contributed by atoms with van der Waals surface area (Å²) in [7, 11) is 0. The van der Waals surface area contributed by atoms with Gasteiger partial charge in [0, 0.05) is 37.6 Å². The molecule has 11 heteroatoms. The molecule has 2 aliphatic heterocycles. The van der Waals surface area contributed by atoms with E-state index in [0.29, 0.717) is 28.9 Å². The second-order valence-corrected chi connectivity index (χ2v) is 10.8. The summed E-state index contributed by atoms with van der Waals surface area (Å²) in [4.78, 5) is 23.9. The Balaban J connectivity index is 1.25. The molecule has 2 aromatic heterocycles. The van der Waals surface area contributed by atoms with Crippen LogP contribution in [0.2, 0.25) is 0 Å². The Morgan fingerprint density at radius 3 is 2.41 bits per heavy atom. The van der Waals surface area contributed by atoms with Gasteiger partial charge < -0.3 is 14.2 Å². The second-order valence-electron chi connectivity index (χ2n) is 10.8. The Morgan fingerprint density at radius 2 is 1.82 bits per heavy atom. The van der Waals surface area contributed by atoms with E-state index in [-0.39, 0.29) is 25.5 Å². The first-order valence-corrected chi connectivity index (χ1v) is 13.3. The van der Waals surface area contributed by atoms with Crippen LogP contribution in [0.1, 0.15) is 44.7 Å². The normalized spacial score (nSPS) is 18.4. The maximum Gasteiger partial charge on any atom is 0.314 e. The predicted octanol–water partition coefficient (Wildman–Crippen LogP) is 4.75. The number of para-hydroxylation sites is 1. The van der Waals surface area contributed by atoms with Gasteiger partial charge in [0.25, 0.3) is 11.8 Å². The summed E-state index contributed by atoms with van der Waals surface area (Å²) in [6, 6.07) is 12.5. The quantitative estimate of drug-likeness (QED) is 0.386. The van der Waals surface area contributed by atoms with Gasteiger partial charge in [-0.05, 0) is 56.1 Å². The molecule has 0 aliphatic carbocycles. The first-order valence-electron chi connectivity index (χ1n) is 13.3. The Kier molecular flexibility index (Phi) is 7.99. The molecule has 2 saturated heterocycles. The van der Waals surface area contributed by atoms with Crippen LogP contribution in [0.5, 0.6) is 0 Å². The molecule has 4 heterocycles. The van der Waals surface area contributed by atoms with E-state index in [4.69, 9.17) is 4.42 Å². The minimum atomic E-state index is -2.86. The summed E-state index contributed by atoms with van der Waals surface area (Å²) >= 11 is 0. The van der Waals surface area contributed by atoms with Crippen molar-refractivity contribution in [2.45, 2.75) is 51.4 Å². The number of hydrogen-bond acceptors (Lipinski definition) is 7. The average molecular weight is 543 g/mol. The third kappa shape index (κ3) is 6.14. The zero-order valence-electron chi connectivity index (χ0n) is 22.1. The molecule has 0 N–H and O–H groups in total. The first-order chi connectivity index (χ1) is 18.7. The fourth-order valence-electron chi connectivity index (χ4n) is 5.35. The van der Waals surface area contributed by atoms with E-state index in [1.54, 1.807) is 36.4 Å². The summed E-state index contributed by atoms with van der Waals surface area (Å²) in [5.41, 5.74) is -0.529. The van der Waals surface area contributed by atoms with Crippen molar-refractivity contribution >= 4 is 11.6 Å². The van der Waals surface area contributed by atoms with Gasteiger partial charge >= 0.3 is 6.43 Å². The lowest BCUT2D eigenvalue weighted by Gasteiger charge is -2.50. The van der Waals surface area contributed by atoms with Gasteiger partial charge in [0.15, 0.2) is 0 Å². The SMILES string of the molecule is CC(C)CN1CCC(N2CC(F)(C(=O)N(Cc3ccc(-c4nnc(C(F)F)o4)cn3)c3ccccc3)C2)CC1. The number of likely N-dealkylation sites (tertiary alicyclic amines) is 2. The Morgan fingerprint density at radius 1 is 1.10 bits per heavy atom. The monoisotopic (exact) mass is 542 g/mol. The topological polar surface area (TPSA) is 78.6 Å². The van der Waals surface area contributed by atoms with E-state index < -0.39 is 23.9 Å². The molecule has 1 aromatic carbocycles. The lowest BCUT2D eigenvalue weighted by molar-refractivity contribution is -0.146. The lowest BCUT2D eigenvalue weighted by Crippen LogP contribution is -2.69. The van der Waals surface area contributed by atoms with Crippen LogP contribution in [0.25, 0.3) is 11.5 Å². The molecular formula is C28H33F3N6O2. The third-order valence-corrected chi connectivity index (χ3v) is 7.32. The number of benzene rings is 1. The first kappa shape index (κ1) is 27.3. The minimum absolute atomic E-state index is 0.0501. The molecule has 0 bridgehead atoms. The minimum Gasteiger partial charge on any atom is -0.415 e. The molecule has 0 atom stereocenters. The molecule has 0 spiro atoms. The smallest absolute Gasteiger partial charge is 0.314 e. The molecule has 208 valence electrons. The van der Waals surface area contributed by atoms with Crippen LogP contribution >= 0.6 is 0 Å². The van der Waals surface area contributed by atoms with Crippen LogP contribution in [0, 0.1) is 5.92 Å². The molecule has 3 aromatic rings. The highest BCUT2D eigenvalue weighted by Crippen LogP contribution is 2.34. The molecule has 1 amide bonds. The number of carbonyl (C=O) groups is 1. The van der Waals surface area contributed by atoms with Crippen molar-refractivity contribution in [1.82, 2.24) is 25.0 Å². The van der Waals surface area contributed by atoms with Crippen molar-refractivity contribution in [1.29, 1.82) is 0 Å². The number of hydrogen-bond donors (Lipinski definition) is 0. The van der Waals surface area contributed by atoms with Gasteiger partial charge in [-0.3, -0.25) is 14.7 Å². The fourth-order valence-corrected chi connectivity index (χ4v) is 5.35. The summed E-state index contributed by atoms with van der Waals surface area (Å²) in [5.74, 6) is -0.813. The van der Waals surface area contributed by atoms with E-state index in [9.17, 15) is 13.6 Å². The van der Waals surface area contributed by atoms with Crippen molar-refractivity contribution in [3.05, 3.63) is 60.2 Å². The van der Waals surface area contributed by atoms with Gasteiger partial charge in [-0.15, -0.1) is 10.2 Å². The zero-order valence-corrected chi connectivity index (χ0v) is 22.1. The number of rotatable bonds is 9. The highest BCUT2D eigenvalue weighted by atomic mass is 19.3. The molecule has 8 nitrogen and oxygen atoms in total. The number of halogens is 3. The lowest BCUT2D eigenvalue weighted by atomic mass is 9.89. The Labute approximate surface area is 225 Å². The van der Waals surface area contributed by atoms with E-state index in [1.807, 2.05) is 6.07 Å². The van der Waals surface area contributed by atoms with E-state index in [2.05, 4.69) is 38.8 Å². The summed E-state index contributed by atoms with van der Waals surface area (Å²) in [5, 5.41) is 6.96.